The van der Waals surface area contributed by atoms with Crippen LogP contribution in [0.1, 0.15) is 27.6 Å². The smallest absolute Gasteiger partial charge is 0.380 e. The van der Waals surface area contributed by atoms with Gasteiger partial charge in [0.25, 0.3) is 0 Å². The molecule has 2 rings (SSSR count). The van der Waals surface area contributed by atoms with Crippen LogP contribution in [0.3, 0.4) is 0 Å². The van der Waals surface area contributed by atoms with Crippen molar-refractivity contribution in [2.45, 2.75) is 12.3 Å². The van der Waals surface area contributed by atoms with Gasteiger partial charge in [0.05, 0.1) is 5.56 Å². The summed E-state index contributed by atoms with van der Waals surface area (Å²) in [4.78, 5) is 12.1. The van der Waals surface area contributed by atoms with Crippen LogP contribution in [0.2, 0.25) is 5.02 Å². The van der Waals surface area contributed by atoms with Gasteiger partial charge in [-0.05, 0) is 18.2 Å². The van der Waals surface area contributed by atoms with Gasteiger partial charge in [0, 0.05) is 16.1 Å². The first kappa shape index (κ1) is 15.5. The third-order valence-electron chi connectivity index (χ3n) is 2.92. The molecule has 0 aromatic heterocycles. The van der Waals surface area contributed by atoms with Crippen LogP contribution in [0.5, 0.6) is 0 Å². The Morgan fingerprint density at radius 1 is 1.10 bits per heavy atom. The van der Waals surface area contributed by atoms with E-state index in [0.29, 0.717) is 0 Å². The van der Waals surface area contributed by atoms with E-state index >= 15 is 0 Å². The van der Waals surface area contributed by atoms with Crippen molar-refractivity contribution in [2.24, 2.45) is 0 Å². The third kappa shape index (κ3) is 3.43. The van der Waals surface area contributed by atoms with Crippen LogP contribution < -0.4 is 0 Å². The average molecular weight is 315 g/mol. The molecule has 0 saturated carbocycles. The highest BCUT2D eigenvalue weighted by Gasteiger charge is 2.36. The van der Waals surface area contributed by atoms with Crippen molar-refractivity contribution in [3.05, 3.63) is 70.2 Å². The van der Waals surface area contributed by atoms with Crippen molar-refractivity contribution in [3.63, 3.8) is 0 Å². The first-order valence-electron chi connectivity index (χ1n) is 5.94. The van der Waals surface area contributed by atoms with Gasteiger partial charge in [-0.1, -0.05) is 41.9 Å². The van der Waals surface area contributed by atoms with Crippen LogP contribution in [0.4, 0.5) is 13.2 Å². The molecule has 0 aliphatic rings. The topological polar surface area (TPSA) is 37.3 Å². The molecule has 1 N–H and O–H groups in total. The summed E-state index contributed by atoms with van der Waals surface area (Å²) in [6.45, 7) is 0. The number of alkyl halides is 3. The van der Waals surface area contributed by atoms with Crippen molar-refractivity contribution in [2.75, 3.05) is 0 Å². The second-order valence-corrected chi connectivity index (χ2v) is 4.80. The Labute approximate surface area is 123 Å². The summed E-state index contributed by atoms with van der Waals surface area (Å²) < 4.78 is 38.7. The lowest BCUT2D eigenvalue weighted by Gasteiger charge is -2.16. The van der Waals surface area contributed by atoms with Gasteiger partial charge < -0.3 is 5.11 Å². The number of ketones is 1. The second kappa shape index (κ2) is 5.87. The number of aliphatic hydroxyl groups excluding tert-OH is 1. The van der Waals surface area contributed by atoms with E-state index in [2.05, 4.69) is 0 Å². The molecule has 1 atom stereocenters. The molecule has 0 bridgehead atoms. The molecule has 0 heterocycles. The van der Waals surface area contributed by atoms with Crippen molar-refractivity contribution >= 4 is 17.4 Å². The van der Waals surface area contributed by atoms with Crippen LogP contribution in [0, 0.1) is 0 Å². The number of halogens is 4. The zero-order valence-corrected chi connectivity index (χ0v) is 11.3. The van der Waals surface area contributed by atoms with E-state index in [1.165, 1.54) is 36.4 Å². The summed E-state index contributed by atoms with van der Waals surface area (Å²) in [7, 11) is 0. The summed E-state index contributed by atoms with van der Waals surface area (Å²) >= 11 is 5.73. The molecule has 6 heteroatoms. The van der Waals surface area contributed by atoms with Crippen molar-refractivity contribution < 1.29 is 23.1 Å². The molecule has 0 aliphatic heterocycles. The molecule has 0 aliphatic carbocycles. The Kier molecular flexibility index (Phi) is 4.34. The maximum absolute atomic E-state index is 12.9. The van der Waals surface area contributed by atoms with E-state index in [0.717, 1.165) is 12.1 Å². The Morgan fingerprint density at radius 3 is 2.38 bits per heavy atom. The molecular weight excluding hydrogens is 305 g/mol. The third-order valence-corrected chi connectivity index (χ3v) is 3.15. The summed E-state index contributed by atoms with van der Waals surface area (Å²) in [5.74, 6) is -0.839. The average Bonchev–Trinajstić information content (AvgIpc) is 2.45. The maximum Gasteiger partial charge on any atom is 0.416 e. The molecule has 0 saturated heterocycles. The Bertz CT molecular complexity index is 668. The predicted octanol–water partition coefficient (Wildman–Crippen LogP) is 4.28. The lowest BCUT2D eigenvalue weighted by Crippen LogP contribution is -2.18. The second-order valence-electron chi connectivity index (χ2n) is 4.36. The quantitative estimate of drug-likeness (QED) is 0.859. The van der Waals surface area contributed by atoms with Crippen LogP contribution in [0.15, 0.2) is 48.5 Å². The molecule has 0 unspecified atom stereocenters. The number of carbonyl (C=O) groups excluding carboxylic acids is 1. The fourth-order valence-corrected chi connectivity index (χ4v) is 2.12. The molecular formula is C15H10ClF3O2. The van der Waals surface area contributed by atoms with E-state index < -0.39 is 29.2 Å². The summed E-state index contributed by atoms with van der Waals surface area (Å²) in [6.07, 6.45) is -6.55. The van der Waals surface area contributed by atoms with Gasteiger partial charge in [0.1, 0.15) is 6.10 Å². The molecule has 2 nitrogen and oxygen atoms in total. The van der Waals surface area contributed by atoms with Gasteiger partial charge in [0.2, 0.25) is 0 Å². The molecule has 0 amide bonds. The fourth-order valence-electron chi connectivity index (χ4n) is 1.93. The predicted molar refractivity (Wildman–Crippen MR) is 72.2 cm³/mol. The van der Waals surface area contributed by atoms with Crippen LogP contribution in [0.25, 0.3) is 0 Å². The monoisotopic (exact) mass is 314 g/mol. The van der Waals surface area contributed by atoms with Crippen LogP contribution in [-0.2, 0) is 6.18 Å². The van der Waals surface area contributed by atoms with E-state index in [-0.39, 0.29) is 10.6 Å². The Balaban J connectivity index is 2.41. The molecule has 0 radical (unpaired) electrons. The number of rotatable bonds is 3. The van der Waals surface area contributed by atoms with Gasteiger partial charge in [-0.2, -0.15) is 13.2 Å². The largest absolute Gasteiger partial charge is 0.416 e. The van der Waals surface area contributed by atoms with Crippen molar-refractivity contribution in [1.29, 1.82) is 0 Å². The molecule has 110 valence electrons. The van der Waals surface area contributed by atoms with Crippen LogP contribution in [-0.4, -0.2) is 10.9 Å². The minimum Gasteiger partial charge on any atom is -0.380 e. The summed E-state index contributed by atoms with van der Waals surface area (Å²) in [5, 5.41) is 10.2. The standard InChI is InChI=1S/C15H10ClF3O2/c16-10-5-3-4-9(8-10)13(20)14(21)11-6-1-2-7-12(11)15(17,18)19/h1-8,14,21H/t14-/m0/s1. The Hall–Kier alpha value is -1.85. The van der Waals surface area contributed by atoms with Crippen LogP contribution >= 0.6 is 11.6 Å². The summed E-state index contributed by atoms with van der Waals surface area (Å²) in [5.41, 5.74) is -1.46. The lowest BCUT2D eigenvalue weighted by molar-refractivity contribution is -0.138. The minimum absolute atomic E-state index is 0.0481. The van der Waals surface area contributed by atoms with Gasteiger partial charge in [-0.15, -0.1) is 0 Å². The van der Waals surface area contributed by atoms with Gasteiger partial charge in [0.15, 0.2) is 5.78 Å². The number of aliphatic hydroxyl groups is 1. The highest BCUT2D eigenvalue weighted by Crippen LogP contribution is 2.35. The first-order valence-corrected chi connectivity index (χ1v) is 6.32. The SMILES string of the molecule is O=C(c1cccc(Cl)c1)[C@@H](O)c1ccccc1C(F)(F)F. The summed E-state index contributed by atoms with van der Waals surface area (Å²) in [6, 6.07) is 10.1. The molecule has 2 aromatic rings. The highest BCUT2D eigenvalue weighted by molar-refractivity contribution is 6.31. The van der Waals surface area contributed by atoms with E-state index in [9.17, 15) is 23.1 Å². The van der Waals surface area contributed by atoms with E-state index in [1.807, 2.05) is 0 Å². The molecule has 21 heavy (non-hydrogen) atoms. The molecule has 0 fully saturated rings. The van der Waals surface area contributed by atoms with Crippen molar-refractivity contribution in [1.82, 2.24) is 0 Å². The Morgan fingerprint density at radius 2 is 1.76 bits per heavy atom. The van der Waals surface area contributed by atoms with E-state index in [4.69, 9.17) is 11.6 Å². The van der Waals surface area contributed by atoms with Gasteiger partial charge >= 0.3 is 6.18 Å². The van der Waals surface area contributed by atoms with Crippen molar-refractivity contribution in [3.8, 4) is 0 Å². The fraction of sp³-hybridized carbons (Fsp3) is 0.133. The first-order chi connectivity index (χ1) is 9.80. The molecule has 2 aromatic carbocycles. The zero-order chi connectivity index (χ0) is 15.6. The lowest BCUT2D eigenvalue weighted by atomic mass is 9.96. The molecule has 0 spiro atoms. The zero-order valence-electron chi connectivity index (χ0n) is 10.6. The maximum atomic E-state index is 12.9. The highest BCUT2D eigenvalue weighted by atomic mass is 35.5. The minimum atomic E-state index is -4.65. The number of hydrogen-bond donors (Lipinski definition) is 1. The number of Topliss-reactive ketones (excluding diaryl/α,β-unsaturated/α-hetero) is 1. The number of hydrogen-bond acceptors (Lipinski definition) is 2. The van der Waals surface area contributed by atoms with Gasteiger partial charge in [-0.3, -0.25) is 4.79 Å². The van der Waals surface area contributed by atoms with E-state index in [1.54, 1.807) is 0 Å². The number of carbonyl (C=O) groups is 1. The number of benzene rings is 2. The normalized spacial score (nSPS) is 13.0. The van der Waals surface area contributed by atoms with Gasteiger partial charge in [-0.25, -0.2) is 0 Å².